The number of carbonyl (C=O) groups excluding carboxylic acids is 1. The zero-order chi connectivity index (χ0) is 19.2. The zero-order valence-corrected chi connectivity index (χ0v) is 14.6. The van der Waals surface area contributed by atoms with E-state index in [0.29, 0.717) is 13.1 Å². The molecule has 0 N–H and O–H groups in total. The quantitative estimate of drug-likeness (QED) is 0.689. The highest BCUT2D eigenvalue weighted by atomic mass is 19.4. The summed E-state index contributed by atoms with van der Waals surface area (Å²) in [6, 6.07) is 8.07. The first kappa shape index (κ1) is 17.5. The second-order valence-electron chi connectivity index (χ2n) is 6.69. The van der Waals surface area contributed by atoms with Crippen LogP contribution in [0.3, 0.4) is 0 Å². The number of alkyl halides is 3. The number of aryl methyl sites for hydroxylation is 1. The second kappa shape index (κ2) is 6.37. The Balaban J connectivity index is 1.52. The molecule has 0 aliphatic carbocycles. The lowest BCUT2D eigenvalue weighted by Gasteiger charge is -2.17. The predicted octanol–water partition coefficient (Wildman–Crippen LogP) is 3.62. The van der Waals surface area contributed by atoms with E-state index >= 15 is 0 Å². The highest BCUT2D eigenvalue weighted by molar-refractivity contribution is 5.94. The Hall–Kier alpha value is -2.90. The van der Waals surface area contributed by atoms with Crippen LogP contribution < -0.4 is 0 Å². The standard InChI is InChI=1S/C19H17F3N4O/c1-25-16(24-15-3-2-9-23-17(15)25)13-8-10-26(11-13)18(27)12-4-6-14(7-5-12)19(20,21)22/h2-7,9,13H,8,10-11H2,1H3. The molecule has 4 rings (SSSR count). The molecule has 0 radical (unpaired) electrons. The van der Waals surface area contributed by atoms with E-state index in [9.17, 15) is 18.0 Å². The molecule has 1 atom stereocenters. The van der Waals surface area contributed by atoms with E-state index in [1.807, 2.05) is 23.7 Å². The van der Waals surface area contributed by atoms with E-state index < -0.39 is 11.7 Å². The number of amides is 1. The van der Waals surface area contributed by atoms with Gasteiger partial charge in [-0.05, 0) is 42.8 Å². The molecule has 140 valence electrons. The molecule has 3 aromatic rings. The Bertz CT molecular complexity index is 994. The molecule has 5 nitrogen and oxygen atoms in total. The highest BCUT2D eigenvalue weighted by Crippen LogP contribution is 2.31. The number of hydrogen-bond acceptors (Lipinski definition) is 3. The van der Waals surface area contributed by atoms with Crippen molar-refractivity contribution >= 4 is 17.1 Å². The Morgan fingerprint density at radius 2 is 1.93 bits per heavy atom. The average Bonchev–Trinajstić information content (AvgIpc) is 3.26. The maximum Gasteiger partial charge on any atom is 0.416 e. The Kier molecular flexibility index (Phi) is 4.13. The summed E-state index contributed by atoms with van der Waals surface area (Å²) in [5.41, 5.74) is 1.10. The summed E-state index contributed by atoms with van der Waals surface area (Å²) in [7, 11) is 1.90. The van der Waals surface area contributed by atoms with Crippen molar-refractivity contribution in [1.29, 1.82) is 0 Å². The van der Waals surface area contributed by atoms with Gasteiger partial charge < -0.3 is 9.47 Å². The minimum atomic E-state index is -4.41. The molecule has 1 saturated heterocycles. The number of fused-ring (bicyclic) bond motifs is 1. The van der Waals surface area contributed by atoms with Gasteiger partial charge in [0, 0.05) is 37.8 Å². The Labute approximate surface area is 153 Å². The van der Waals surface area contributed by atoms with Crippen LogP contribution in [-0.2, 0) is 13.2 Å². The number of rotatable bonds is 2. The molecule has 1 unspecified atom stereocenters. The summed E-state index contributed by atoms with van der Waals surface area (Å²) in [6.45, 7) is 1.03. The summed E-state index contributed by atoms with van der Waals surface area (Å²) >= 11 is 0. The molecule has 1 aliphatic rings. The van der Waals surface area contributed by atoms with Crippen molar-refractivity contribution < 1.29 is 18.0 Å². The van der Waals surface area contributed by atoms with Crippen LogP contribution in [0.1, 0.15) is 34.1 Å². The van der Waals surface area contributed by atoms with Gasteiger partial charge >= 0.3 is 6.18 Å². The fraction of sp³-hybridized carbons (Fsp3) is 0.316. The van der Waals surface area contributed by atoms with Crippen LogP contribution in [-0.4, -0.2) is 38.4 Å². The lowest BCUT2D eigenvalue weighted by molar-refractivity contribution is -0.137. The first-order chi connectivity index (χ1) is 12.8. The number of pyridine rings is 1. The van der Waals surface area contributed by atoms with Crippen LogP contribution in [0.4, 0.5) is 13.2 Å². The molecule has 0 saturated carbocycles. The van der Waals surface area contributed by atoms with Gasteiger partial charge in [0.15, 0.2) is 5.65 Å². The van der Waals surface area contributed by atoms with Crippen molar-refractivity contribution in [2.45, 2.75) is 18.5 Å². The van der Waals surface area contributed by atoms with E-state index in [1.165, 1.54) is 12.1 Å². The topological polar surface area (TPSA) is 51.0 Å². The highest BCUT2D eigenvalue weighted by Gasteiger charge is 2.33. The van der Waals surface area contributed by atoms with Crippen LogP contribution >= 0.6 is 0 Å². The van der Waals surface area contributed by atoms with Crippen LogP contribution in [0.2, 0.25) is 0 Å². The minimum Gasteiger partial charge on any atom is -0.338 e. The number of aromatic nitrogens is 3. The average molecular weight is 374 g/mol. The molecule has 1 fully saturated rings. The third-order valence-electron chi connectivity index (χ3n) is 4.96. The zero-order valence-electron chi connectivity index (χ0n) is 14.6. The monoisotopic (exact) mass is 374 g/mol. The molecule has 2 aromatic heterocycles. The van der Waals surface area contributed by atoms with E-state index in [4.69, 9.17) is 0 Å². The number of halogens is 3. The number of nitrogens with zero attached hydrogens (tertiary/aromatic N) is 4. The van der Waals surface area contributed by atoms with E-state index in [2.05, 4.69) is 9.97 Å². The lowest BCUT2D eigenvalue weighted by Crippen LogP contribution is -2.28. The summed E-state index contributed by atoms with van der Waals surface area (Å²) in [4.78, 5) is 23.3. The van der Waals surface area contributed by atoms with Crippen molar-refractivity contribution in [3.63, 3.8) is 0 Å². The SMILES string of the molecule is Cn1c(C2CCN(C(=O)c3ccc(C(F)(F)F)cc3)C2)nc2cccnc21. The van der Waals surface area contributed by atoms with E-state index in [-0.39, 0.29) is 17.4 Å². The summed E-state index contributed by atoms with van der Waals surface area (Å²) in [5, 5.41) is 0. The fourth-order valence-corrected chi connectivity index (χ4v) is 3.55. The maximum absolute atomic E-state index is 12.7. The Morgan fingerprint density at radius 3 is 2.59 bits per heavy atom. The second-order valence-corrected chi connectivity index (χ2v) is 6.69. The molecule has 1 aromatic carbocycles. The summed E-state index contributed by atoms with van der Waals surface area (Å²) < 4.78 is 40.0. The smallest absolute Gasteiger partial charge is 0.338 e. The predicted molar refractivity (Wildman–Crippen MR) is 93.2 cm³/mol. The molecule has 1 aliphatic heterocycles. The largest absolute Gasteiger partial charge is 0.416 e. The van der Waals surface area contributed by atoms with Gasteiger partial charge in [0.2, 0.25) is 0 Å². The molecule has 3 heterocycles. The van der Waals surface area contributed by atoms with Crippen LogP contribution in [0.15, 0.2) is 42.6 Å². The molecule has 8 heteroatoms. The molecule has 0 bridgehead atoms. The van der Waals surface area contributed by atoms with E-state index in [1.54, 1.807) is 11.1 Å². The van der Waals surface area contributed by atoms with Gasteiger partial charge in [-0.1, -0.05) is 0 Å². The van der Waals surface area contributed by atoms with Crippen molar-refractivity contribution in [2.75, 3.05) is 13.1 Å². The number of benzene rings is 1. The Morgan fingerprint density at radius 1 is 1.19 bits per heavy atom. The molecule has 1 amide bonds. The maximum atomic E-state index is 12.7. The van der Waals surface area contributed by atoms with Crippen molar-refractivity contribution in [3.8, 4) is 0 Å². The van der Waals surface area contributed by atoms with Crippen molar-refractivity contribution in [2.24, 2.45) is 7.05 Å². The van der Waals surface area contributed by atoms with Gasteiger partial charge in [-0.25, -0.2) is 9.97 Å². The molecule has 27 heavy (non-hydrogen) atoms. The minimum absolute atomic E-state index is 0.0719. The van der Waals surface area contributed by atoms with Gasteiger partial charge in [-0.2, -0.15) is 13.2 Å². The normalized spacial score (nSPS) is 17.6. The molecular weight excluding hydrogens is 357 g/mol. The fourth-order valence-electron chi connectivity index (χ4n) is 3.55. The van der Waals surface area contributed by atoms with Gasteiger partial charge in [-0.15, -0.1) is 0 Å². The van der Waals surface area contributed by atoms with Gasteiger partial charge in [0.25, 0.3) is 5.91 Å². The third kappa shape index (κ3) is 3.15. The lowest BCUT2D eigenvalue weighted by atomic mass is 10.1. The number of imidazole rings is 1. The summed E-state index contributed by atoms with van der Waals surface area (Å²) in [6.07, 6.45) is -1.94. The molecule has 0 spiro atoms. The van der Waals surface area contributed by atoms with Crippen molar-refractivity contribution in [3.05, 3.63) is 59.5 Å². The van der Waals surface area contributed by atoms with Crippen LogP contribution in [0, 0.1) is 0 Å². The summed E-state index contributed by atoms with van der Waals surface area (Å²) in [5.74, 6) is 0.678. The van der Waals surface area contributed by atoms with Crippen molar-refractivity contribution in [1.82, 2.24) is 19.4 Å². The number of carbonyl (C=O) groups is 1. The van der Waals surface area contributed by atoms with Crippen LogP contribution in [0.25, 0.3) is 11.2 Å². The first-order valence-electron chi connectivity index (χ1n) is 8.58. The third-order valence-corrected chi connectivity index (χ3v) is 4.96. The van der Waals surface area contributed by atoms with Gasteiger partial charge in [0.05, 0.1) is 5.56 Å². The van der Waals surface area contributed by atoms with Gasteiger partial charge in [-0.3, -0.25) is 4.79 Å². The number of hydrogen-bond donors (Lipinski definition) is 0. The number of likely N-dealkylation sites (tertiary alicyclic amines) is 1. The molecular formula is C19H17F3N4O. The van der Waals surface area contributed by atoms with E-state index in [0.717, 1.165) is 35.5 Å². The van der Waals surface area contributed by atoms with Gasteiger partial charge in [0.1, 0.15) is 11.3 Å². The van der Waals surface area contributed by atoms with Crippen LogP contribution in [0.5, 0.6) is 0 Å². The first-order valence-corrected chi connectivity index (χ1v) is 8.58.